The van der Waals surface area contributed by atoms with Crippen LogP contribution in [0.3, 0.4) is 0 Å². The van der Waals surface area contributed by atoms with E-state index in [0.29, 0.717) is 0 Å². The minimum atomic E-state index is 0.210. The van der Waals surface area contributed by atoms with Crippen molar-refractivity contribution >= 4 is 5.82 Å². The zero-order chi connectivity index (χ0) is 14.8. The van der Waals surface area contributed by atoms with E-state index in [4.69, 9.17) is 4.74 Å². The number of nitrogens with zero attached hydrogens (tertiary/aromatic N) is 2. The molecule has 1 atom stereocenters. The molecular formula is C16H29N3O. The van der Waals surface area contributed by atoms with Crippen molar-refractivity contribution in [2.75, 3.05) is 12.4 Å². The average Bonchev–Trinajstić information content (AvgIpc) is 2.45. The van der Waals surface area contributed by atoms with Crippen molar-refractivity contribution in [2.45, 2.75) is 71.8 Å². The molecule has 0 radical (unpaired) electrons. The van der Waals surface area contributed by atoms with E-state index in [1.54, 1.807) is 6.33 Å². The molecule has 1 rings (SSSR count). The standard InChI is InChI=1S/C16H29N3O/c1-5-7-8-9-11-13(3)20-16-14(10-6-2)15(17-4)18-12-19-16/h12-13H,5-11H2,1-4H3,(H,17,18,19). The first-order valence-electron chi connectivity index (χ1n) is 7.91. The van der Waals surface area contributed by atoms with Gasteiger partial charge >= 0.3 is 0 Å². The van der Waals surface area contributed by atoms with Gasteiger partial charge in [0, 0.05) is 7.05 Å². The van der Waals surface area contributed by atoms with E-state index in [1.165, 1.54) is 25.7 Å². The molecule has 20 heavy (non-hydrogen) atoms. The second kappa shape index (κ2) is 9.56. The molecule has 1 aromatic rings. The molecule has 4 nitrogen and oxygen atoms in total. The summed E-state index contributed by atoms with van der Waals surface area (Å²) in [5.74, 6) is 1.63. The van der Waals surface area contributed by atoms with Crippen molar-refractivity contribution in [1.29, 1.82) is 0 Å². The highest BCUT2D eigenvalue weighted by Gasteiger charge is 2.13. The maximum atomic E-state index is 6.03. The van der Waals surface area contributed by atoms with Crippen molar-refractivity contribution in [2.24, 2.45) is 0 Å². The lowest BCUT2D eigenvalue weighted by molar-refractivity contribution is 0.196. The molecular weight excluding hydrogens is 250 g/mol. The molecule has 0 amide bonds. The summed E-state index contributed by atoms with van der Waals surface area (Å²) >= 11 is 0. The third-order valence-corrected chi connectivity index (χ3v) is 3.42. The van der Waals surface area contributed by atoms with Crippen LogP contribution in [0.15, 0.2) is 6.33 Å². The first-order valence-corrected chi connectivity index (χ1v) is 7.91. The Kier molecular flexibility index (Phi) is 8.00. The van der Waals surface area contributed by atoms with E-state index in [-0.39, 0.29) is 6.10 Å². The Morgan fingerprint density at radius 2 is 1.95 bits per heavy atom. The number of rotatable bonds is 10. The number of anilines is 1. The van der Waals surface area contributed by atoms with Crippen LogP contribution in [0, 0.1) is 0 Å². The summed E-state index contributed by atoms with van der Waals surface area (Å²) in [5.41, 5.74) is 1.10. The lowest BCUT2D eigenvalue weighted by Crippen LogP contribution is -2.15. The van der Waals surface area contributed by atoms with Gasteiger partial charge < -0.3 is 10.1 Å². The third kappa shape index (κ3) is 5.35. The monoisotopic (exact) mass is 279 g/mol. The van der Waals surface area contributed by atoms with Crippen LogP contribution in [0.1, 0.15) is 64.9 Å². The van der Waals surface area contributed by atoms with E-state index >= 15 is 0 Å². The fraction of sp³-hybridized carbons (Fsp3) is 0.750. The fourth-order valence-electron chi connectivity index (χ4n) is 2.30. The van der Waals surface area contributed by atoms with Gasteiger partial charge in [0.15, 0.2) is 0 Å². The fourth-order valence-corrected chi connectivity index (χ4v) is 2.30. The van der Waals surface area contributed by atoms with Crippen LogP contribution in [-0.4, -0.2) is 23.1 Å². The molecule has 114 valence electrons. The highest BCUT2D eigenvalue weighted by Crippen LogP contribution is 2.25. The summed E-state index contributed by atoms with van der Waals surface area (Å²) in [6.45, 7) is 6.52. The quantitative estimate of drug-likeness (QED) is 0.652. The van der Waals surface area contributed by atoms with Crippen LogP contribution in [-0.2, 0) is 6.42 Å². The Balaban J connectivity index is 2.61. The molecule has 0 aliphatic heterocycles. The molecule has 0 fully saturated rings. The summed E-state index contributed by atoms with van der Waals surface area (Å²) in [6, 6.07) is 0. The summed E-state index contributed by atoms with van der Waals surface area (Å²) in [4.78, 5) is 8.58. The lowest BCUT2D eigenvalue weighted by atomic mass is 10.1. The molecule has 1 heterocycles. The van der Waals surface area contributed by atoms with Crippen molar-refractivity contribution < 1.29 is 4.74 Å². The highest BCUT2D eigenvalue weighted by atomic mass is 16.5. The number of hydrogen-bond acceptors (Lipinski definition) is 4. The van der Waals surface area contributed by atoms with Crippen LogP contribution in [0.4, 0.5) is 5.82 Å². The van der Waals surface area contributed by atoms with Gasteiger partial charge in [0.25, 0.3) is 0 Å². The topological polar surface area (TPSA) is 47.0 Å². The molecule has 0 bridgehead atoms. The largest absolute Gasteiger partial charge is 0.474 e. The molecule has 0 saturated carbocycles. The molecule has 1 N–H and O–H groups in total. The van der Waals surface area contributed by atoms with Crippen LogP contribution in [0.2, 0.25) is 0 Å². The number of ether oxygens (including phenoxy) is 1. The van der Waals surface area contributed by atoms with Crippen molar-refractivity contribution in [3.8, 4) is 5.88 Å². The minimum absolute atomic E-state index is 0.210. The lowest BCUT2D eigenvalue weighted by Gasteiger charge is -2.17. The summed E-state index contributed by atoms with van der Waals surface area (Å²) in [5, 5.41) is 3.12. The Morgan fingerprint density at radius 1 is 1.15 bits per heavy atom. The Labute approximate surface area is 123 Å². The van der Waals surface area contributed by atoms with Gasteiger partial charge in [-0.1, -0.05) is 39.5 Å². The number of nitrogens with one attached hydrogen (secondary N) is 1. The molecule has 4 heteroatoms. The third-order valence-electron chi connectivity index (χ3n) is 3.42. The molecule has 0 aromatic carbocycles. The highest BCUT2D eigenvalue weighted by molar-refractivity contribution is 5.48. The van der Waals surface area contributed by atoms with Crippen LogP contribution >= 0.6 is 0 Å². The van der Waals surface area contributed by atoms with Gasteiger partial charge in [-0.2, -0.15) is 0 Å². The average molecular weight is 279 g/mol. The first kappa shape index (κ1) is 16.7. The molecule has 1 unspecified atom stereocenters. The zero-order valence-electron chi connectivity index (χ0n) is 13.4. The summed E-state index contributed by atoms with van der Waals surface area (Å²) in [7, 11) is 1.89. The Morgan fingerprint density at radius 3 is 2.60 bits per heavy atom. The second-order valence-electron chi connectivity index (χ2n) is 5.28. The van der Waals surface area contributed by atoms with Crippen LogP contribution in [0.25, 0.3) is 0 Å². The van der Waals surface area contributed by atoms with Gasteiger partial charge in [0.05, 0.1) is 11.7 Å². The van der Waals surface area contributed by atoms with Gasteiger partial charge in [-0.05, 0) is 26.2 Å². The van der Waals surface area contributed by atoms with Crippen LogP contribution in [0.5, 0.6) is 5.88 Å². The minimum Gasteiger partial charge on any atom is -0.474 e. The first-order chi connectivity index (χ1) is 9.72. The van der Waals surface area contributed by atoms with Gasteiger partial charge in [0.2, 0.25) is 5.88 Å². The van der Waals surface area contributed by atoms with E-state index in [9.17, 15) is 0 Å². The number of hydrogen-bond donors (Lipinski definition) is 1. The Hall–Kier alpha value is -1.32. The Bertz CT molecular complexity index is 382. The SMILES string of the molecule is CCCCCCC(C)Oc1ncnc(NC)c1CCC. The molecule has 1 aromatic heterocycles. The molecule has 0 spiro atoms. The van der Waals surface area contributed by atoms with Gasteiger partial charge in [0.1, 0.15) is 12.1 Å². The van der Waals surface area contributed by atoms with Crippen LogP contribution < -0.4 is 10.1 Å². The predicted octanol–water partition coefficient (Wildman–Crippen LogP) is 4.21. The van der Waals surface area contributed by atoms with E-state index in [1.807, 2.05) is 7.05 Å². The normalized spacial score (nSPS) is 12.2. The van der Waals surface area contributed by atoms with Crippen molar-refractivity contribution in [3.63, 3.8) is 0 Å². The smallest absolute Gasteiger partial charge is 0.222 e. The van der Waals surface area contributed by atoms with Gasteiger partial charge in [-0.15, -0.1) is 0 Å². The van der Waals surface area contributed by atoms with Crippen molar-refractivity contribution in [1.82, 2.24) is 9.97 Å². The number of unbranched alkanes of at least 4 members (excludes halogenated alkanes) is 3. The molecule has 0 saturated heterocycles. The second-order valence-corrected chi connectivity index (χ2v) is 5.28. The number of aromatic nitrogens is 2. The maximum Gasteiger partial charge on any atom is 0.222 e. The molecule has 0 aliphatic rings. The maximum absolute atomic E-state index is 6.03. The van der Waals surface area contributed by atoms with Crippen molar-refractivity contribution in [3.05, 3.63) is 11.9 Å². The zero-order valence-corrected chi connectivity index (χ0v) is 13.4. The van der Waals surface area contributed by atoms with E-state index < -0.39 is 0 Å². The van der Waals surface area contributed by atoms with E-state index in [0.717, 1.165) is 36.5 Å². The summed E-state index contributed by atoms with van der Waals surface area (Å²) in [6.07, 6.45) is 9.97. The van der Waals surface area contributed by atoms with Gasteiger partial charge in [-0.3, -0.25) is 0 Å². The van der Waals surface area contributed by atoms with E-state index in [2.05, 4.69) is 36.1 Å². The summed E-state index contributed by atoms with van der Waals surface area (Å²) < 4.78 is 6.03. The van der Waals surface area contributed by atoms with Gasteiger partial charge in [-0.25, -0.2) is 9.97 Å². The molecule has 0 aliphatic carbocycles. The predicted molar refractivity (Wildman–Crippen MR) is 84.4 cm³/mol.